The Bertz CT molecular complexity index is 440. The van der Waals surface area contributed by atoms with Crippen LogP contribution in [-0.2, 0) is 0 Å². The topological polar surface area (TPSA) is 28.7 Å². The van der Waals surface area contributed by atoms with Crippen LogP contribution in [0.25, 0.3) is 11.0 Å². The monoisotopic (exact) mass is 206 g/mol. The SMILES string of the molecule is CC(C)(C)Sc1ccc2nc[nH]c2c1. The number of aromatic amines is 1. The Morgan fingerprint density at radius 1 is 1.29 bits per heavy atom. The molecule has 14 heavy (non-hydrogen) atoms. The lowest BCUT2D eigenvalue weighted by molar-refractivity contribution is 0.803. The molecule has 2 nitrogen and oxygen atoms in total. The van der Waals surface area contributed by atoms with Gasteiger partial charge >= 0.3 is 0 Å². The smallest absolute Gasteiger partial charge is 0.0931 e. The van der Waals surface area contributed by atoms with Gasteiger partial charge in [0.1, 0.15) is 0 Å². The predicted octanol–water partition coefficient (Wildman–Crippen LogP) is 3.45. The molecule has 1 aromatic heterocycles. The molecule has 0 spiro atoms. The maximum Gasteiger partial charge on any atom is 0.0931 e. The van der Waals surface area contributed by atoms with E-state index in [0.717, 1.165) is 11.0 Å². The highest BCUT2D eigenvalue weighted by Crippen LogP contribution is 2.32. The molecule has 0 saturated carbocycles. The molecule has 0 aliphatic heterocycles. The van der Waals surface area contributed by atoms with E-state index >= 15 is 0 Å². The minimum atomic E-state index is 0.258. The van der Waals surface area contributed by atoms with Crippen molar-refractivity contribution in [3.05, 3.63) is 24.5 Å². The van der Waals surface area contributed by atoms with Gasteiger partial charge in [0.05, 0.1) is 17.4 Å². The summed E-state index contributed by atoms with van der Waals surface area (Å²) >= 11 is 1.87. The minimum absolute atomic E-state index is 0.258. The number of imidazole rings is 1. The Morgan fingerprint density at radius 3 is 2.79 bits per heavy atom. The molecule has 0 saturated heterocycles. The lowest BCUT2D eigenvalue weighted by atomic mass is 10.3. The van der Waals surface area contributed by atoms with Crippen molar-refractivity contribution in [3.63, 3.8) is 0 Å². The molecule has 0 unspecified atom stereocenters. The Labute approximate surface area is 88.1 Å². The third kappa shape index (κ3) is 2.10. The standard InChI is InChI=1S/C11H14N2S/c1-11(2,3)14-8-4-5-9-10(6-8)13-7-12-9/h4-7H,1-3H3,(H,12,13). The second kappa shape index (κ2) is 3.31. The molecule has 1 aromatic carbocycles. The molecule has 74 valence electrons. The number of fused-ring (bicyclic) bond motifs is 1. The minimum Gasteiger partial charge on any atom is -0.345 e. The van der Waals surface area contributed by atoms with Gasteiger partial charge in [-0.2, -0.15) is 0 Å². The summed E-state index contributed by atoms with van der Waals surface area (Å²) in [4.78, 5) is 8.60. The predicted molar refractivity (Wildman–Crippen MR) is 61.7 cm³/mol. The first kappa shape index (κ1) is 9.59. The third-order valence-electron chi connectivity index (χ3n) is 1.82. The Hall–Kier alpha value is -0.960. The van der Waals surface area contributed by atoms with E-state index in [1.165, 1.54) is 4.90 Å². The van der Waals surface area contributed by atoms with E-state index in [2.05, 4.69) is 48.9 Å². The number of nitrogens with zero attached hydrogens (tertiary/aromatic N) is 1. The van der Waals surface area contributed by atoms with Crippen LogP contribution in [0.2, 0.25) is 0 Å². The summed E-state index contributed by atoms with van der Waals surface area (Å²) in [5, 5.41) is 0. The zero-order valence-corrected chi connectivity index (χ0v) is 9.48. The second-order valence-corrected chi connectivity index (χ2v) is 6.20. The number of aromatic nitrogens is 2. The van der Waals surface area contributed by atoms with Gasteiger partial charge < -0.3 is 4.98 Å². The van der Waals surface area contributed by atoms with E-state index in [9.17, 15) is 0 Å². The summed E-state index contributed by atoms with van der Waals surface area (Å²) in [6.07, 6.45) is 1.73. The number of hydrogen-bond donors (Lipinski definition) is 1. The average molecular weight is 206 g/mol. The quantitative estimate of drug-likeness (QED) is 0.724. The molecule has 3 heteroatoms. The molecule has 0 radical (unpaired) electrons. The van der Waals surface area contributed by atoms with Gasteiger partial charge in [-0.15, -0.1) is 11.8 Å². The van der Waals surface area contributed by atoms with E-state index in [0.29, 0.717) is 0 Å². The number of benzene rings is 1. The second-order valence-electron chi connectivity index (χ2n) is 4.30. The fourth-order valence-corrected chi connectivity index (χ4v) is 2.35. The Balaban J connectivity index is 2.35. The molecule has 0 amide bonds. The number of thioether (sulfide) groups is 1. The third-order valence-corrected chi connectivity index (χ3v) is 2.92. The van der Waals surface area contributed by atoms with Crippen LogP contribution in [0.15, 0.2) is 29.4 Å². The normalized spacial score (nSPS) is 12.2. The van der Waals surface area contributed by atoms with E-state index in [1.807, 2.05) is 11.8 Å². The number of nitrogens with one attached hydrogen (secondary N) is 1. The zero-order chi connectivity index (χ0) is 10.2. The van der Waals surface area contributed by atoms with E-state index in [1.54, 1.807) is 6.33 Å². The van der Waals surface area contributed by atoms with Crippen molar-refractivity contribution in [2.45, 2.75) is 30.4 Å². The van der Waals surface area contributed by atoms with Crippen LogP contribution >= 0.6 is 11.8 Å². The summed E-state index contributed by atoms with van der Waals surface area (Å²) in [6, 6.07) is 6.33. The summed E-state index contributed by atoms with van der Waals surface area (Å²) in [7, 11) is 0. The lowest BCUT2D eigenvalue weighted by Crippen LogP contribution is -2.06. The van der Waals surface area contributed by atoms with Crippen LogP contribution in [0, 0.1) is 0 Å². The first-order valence-corrected chi connectivity index (χ1v) is 5.48. The Kier molecular flexibility index (Phi) is 2.27. The fraction of sp³-hybridized carbons (Fsp3) is 0.364. The van der Waals surface area contributed by atoms with Crippen molar-refractivity contribution < 1.29 is 0 Å². The van der Waals surface area contributed by atoms with Crippen LogP contribution in [0.4, 0.5) is 0 Å². The van der Waals surface area contributed by atoms with Gasteiger partial charge in [0, 0.05) is 9.64 Å². The maximum atomic E-state index is 4.19. The summed E-state index contributed by atoms with van der Waals surface area (Å²) < 4.78 is 0.258. The first-order valence-electron chi connectivity index (χ1n) is 4.67. The van der Waals surface area contributed by atoms with Crippen molar-refractivity contribution in [1.82, 2.24) is 9.97 Å². The van der Waals surface area contributed by atoms with Crippen LogP contribution in [-0.4, -0.2) is 14.7 Å². The van der Waals surface area contributed by atoms with Crippen molar-refractivity contribution >= 4 is 22.8 Å². The maximum absolute atomic E-state index is 4.19. The van der Waals surface area contributed by atoms with Gasteiger partial charge in [0.15, 0.2) is 0 Å². The number of hydrogen-bond acceptors (Lipinski definition) is 2. The van der Waals surface area contributed by atoms with Gasteiger partial charge in [-0.3, -0.25) is 0 Å². The van der Waals surface area contributed by atoms with Crippen molar-refractivity contribution in [3.8, 4) is 0 Å². The molecule has 0 bridgehead atoms. The molecular weight excluding hydrogens is 192 g/mol. The molecule has 0 aliphatic rings. The highest BCUT2D eigenvalue weighted by atomic mass is 32.2. The molecule has 2 aromatic rings. The average Bonchev–Trinajstić information content (AvgIpc) is 2.47. The van der Waals surface area contributed by atoms with Gasteiger partial charge in [-0.1, -0.05) is 20.8 Å². The molecular formula is C11H14N2S. The summed E-state index contributed by atoms with van der Waals surface area (Å²) in [6.45, 7) is 6.65. The van der Waals surface area contributed by atoms with Crippen LogP contribution in [0.3, 0.4) is 0 Å². The number of rotatable bonds is 1. The van der Waals surface area contributed by atoms with Crippen LogP contribution in [0.1, 0.15) is 20.8 Å². The number of H-pyrrole nitrogens is 1. The van der Waals surface area contributed by atoms with Gasteiger partial charge in [0.25, 0.3) is 0 Å². The van der Waals surface area contributed by atoms with E-state index in [-0.39, 0.29) is 4.75 Å². The fourth-order valence-electron chi connectivity index (χ4n) is 1.33. The molecule has 2 rings (SSSR count). The van der Waals surface area contributed by atoms with Crippen LogP contribution < -0.4 is 0 Å². The molecule has 0 aliphatic carbocycles. The van der Waals surface area contributed by atoms with Gasteiger partial charge in [-0.05, 0) is 18.2 Å². The highest BCUT2D eigenvalue weighted by Gasteiger charge is 2.12. The molecule has 1 heterocycles. The van der Waals surface area contributed by atoms with Crippen molar-refractivity contribution in [1.29, 1.82) is 0 Å². The summed E-state index contributed by atoms with van der Waals surface area (Å²) in [5.41, 5.74) is 2.14. The van der Waals surface area contributed by atoms with Gasteiger partial charge in [-0.25, -0.2) is 4.98 Å². The zero-order valence-electron chi connectivity index (χ0n) is 8.66. The van der Waals surface area contributed by atoms with E-state index < -0.39 is 0 Å². The largest absolute Gasteiger partial charge is 0.345 e. The highest BCUT2D eigenvalue weighted by molar-refractivity contribution is 8.00. The van der Waals surface area contributed by atoms with Crippen molar-refractivity contribution in [2.75, 3.05) is 0 Å². The van der Waals surface area contributed by atoms with Crippen LogP contribution in [0.5, 0.6) is 0 Å². The molecule has 1 N–H and O–H groups in total. The first-order chi connectivity index (χ1) is 6.54. The van der Waals surface area contributed by atoms with E-state index in [4.69, 9.17) is 0 Å². The van der Waals surface area contributed by atoms with Crippen molar-refractivity contribution in [2.24, 2.45) is 0 Å². The van der Waals surface area contributed by atoms with Gasteiger partial charge in [0.2, 0.25) is 0 Å². The Morgan fingerprint density at radius 2 is 2.07 bits per heavy atom. The molecule has 0 atom stereocenters. The molecule has 0 fully saturated rings. The summed E-state index contributed by atoms with van der Waals surface area (Å²) in [5.74, 6) is 0. The lowest BCUT2D eigenvalue weighted by Gasteiger charge is -2.17.